The first kappa shape index (κ1) is 19.5. The van der Waals surface area contributed by atoms with E-state index in [9.17, 15) is 9.59 Å². The molecule has 0 N–H and O–H groups in total. The second kappa shape index (κ2) is 10.2. The number of methoxy groups -OCH3 is 1. The lowest BCUT2D eigenvalue weighted by Gasteiger charge is -2.23. The summed E-state index contributed by atoms with van der Waals surface area (Å²) < 4.78 is 10.3. The first-order valence-corrected chi connectivity index (χ1v) is 8.77. The van der Waals surface area contributed by atoms with Gasteiger partial charge in [0.2, 0.25) is 0 Å². The molecule has 2 rings (SSSR count). The first-order valence-electron chi connectivity index (χ1n) is 8.77. The molecule has 0 atom stereocenters. The second-order valence-electron chi connectivity index (χ2n) is 5.78. The molecule has 138 valence electrons. The van der Waals surface area contributed by atoms with Gasteiger partial charge in [-0.1, -0.05) is 42.5 Å². The number of carbonyl (C=O) groups excluding carboxylic acids is 2. The Kier molecular flexibility index (Phi) is 7.68. The number of hydrogen-bond acceptors (Lipinski definition) is 4. The van der Waals surface area contributed by atoms with Crippen molar-refractivity contribution in [3.05, 3.63) is 65.7 Å². The van der Waals surface area contributed by atoms with Crippen LogP contribution in [0.25, 0.3) is 0 Å². The molecule has 1 amide bonds. The van der Waals surface area contributed by atoms with Crippen LogP contribution < -0.4 is 4.74 Å². The van der Waals surface area contributed by atoms with Crippen LogP contribution >= 0.6 is 0 Å². The Bertz CT molecular complexity index is 715. The van der Waals surface area contributed by atoms with E-state index in [1.807, 2.05) is 36.4 Å². The van der Waals surface area contributed by atoms with E-state index >= 15 is 0 Å². The summed E-state index contributed by atoms with van der Waals surface area (Å²) in [6.07, 6.45) is 0.883. The lowest BCUT2D eigenvalue weighted by atomic mass is 10.1. The van der Waals surface area contributed by atoms with E-state index in [0.717, 1.165) is 5.56 Å². The zero-order valence-corrected chi connectivity index (χ0v) is 15.3. The number of nitrogens with zero attached hydrogens (tertiary/aromatic N) is 1. The third-order valence-corrected chi connectivity index (χ3v) is 4.03. The molecule has 0 aliphatic heterocycles. The fourth-order valence-electron chi connectivity index (χ4n) is 2.67. The van der Waals surface area contributed by atoms with Crippen molar-refractivity contribution in [3.63, 3.8) is 0 Å². The molecule has 26 heavy (non-hydrogen) atoms. The Morgan fingerprint density at radius 2 is 1.65 bits per heavy atom. The Hall–Kier alpha value is -2.82. The van der Waals surface area contributed by atoms with E-state index < -0.39 is 0 Å². The summed E-state index contributed by atoms with van der Waals surface area (Å²) in [5, 5.41) is 0. The molecule has 0 saturated carbocycles. The summed E-state index contributed by atoms with van der Waals surface area (Å²) in [7, 11) is 1.54. The normalized spacial score (nSPS) is 10.2. The van der Waals surface area contributed by atoms with E-state index in [-0.39, 0.29) is 18.3 Å². The minimum absolute atomic E-state index is 0.150. The summed E-state index contributed by atoms with van der Waals surface area (Å²) >= 11 is 0. The molecule has 0 bridgehead atoms. The van der Waals surface area contributed by atoms with Crippen molar-refractivity contribution in [1.29, 1.82) is 0 Å². The van der Waals surface area contributed by atoms with Crippen LogP contribution in [0.15, 0.2) is 54.6 Å². The van der Waals surface area contributed by atoms with Crippen LogP contribution in [0.3, 0.4) is 0 Å². The van der Waals surface area contributed by atoms with Crippen LogP contribution in [-0.2, 0) is 16.0 Å². The molecule has 0 aliphatic rings. The van der Waals surface area contributed by atoms with Gasteiger partial charge in [0, 0.05) is 13.1 Å². The Labute approximate surface area is 154 Å². The van der Waals surface area contributed by atoms with Gasteiger partial charge in [0.25, 0.3) is 5.91 Å². The van der Waals surface area contributed by atoms with Crippen molar-refractivity contribution in [1.82, 2.24) is 4.90 Å². The number of rotatable bonds is 9. The highest BCUT2D eigenvalue weighted by molar-refractivity contribution is 5.97. The number of esters is 1. The highest BCUT2D eigenvalue weighted by Gasteiger charge is 2.20. The maximum Gasteiger partial charge on any atom is 0.307 e. The van der Waals surface area contributed by atoms with Crippen molar-refractivity contribution in [3.8, 4) is 5.75 Å². The van der Waals surface area contributed by atoms with Crippen LogP contribution in [0.2, 0.25) is 0 Å². The molecular weight excluding hydrogens is 330 g/mol. The molecule has 0 spiro atoms. The molecule has 0 radical (unpaired) electrons. The lowest BCUT2D eigenvalue weighted by Crippen LogP contribution is -2.35. The average Bonchev–Trinajstić information content (AvgIpc) is 2.68. The smallest absolute Gasteiger partial charge is 0.307 e. The highest BCUT2D eigenvalue weighted by Crippen LogP contribution is 2.20. The number of carbonyl (C=O) groups is 2. The molecule has 2 aromatic carbocycles. The van der Waals surface area contributed by atoms with Crippen LogP contribution in [0.1, 0.15) is 29.3 Å². The third kappa shape index (κ3) is 5.62. The number of ether oxygens (including phenoxy) is 2. The Morgan fingerprint density at radius 1 is 0.962 bits per heavy atom. The van der Waals surface area contributed by atoms with Crippen molar-refractivity contribution < 1.29 is 19.1 Å². The maximum absolute atomic E-state index is 13.0. The number of amides is 1. The fourth-order valence-corrected chi connectivity index (χ4v) is 2.67. The molecule has 0 aromatic heterocycles. The predicted octanol–water partition coefficient (Wildman–Crippen LogP) is 3.33. The van der Waals surface area contributed by atoms with Gasteiger partial charge in [-0.15, -0.1) is 0 Å². The molecule has 5 nitrogen and oxygen atoms in total. The number of para-hydroxylation sites is 1. The van der Waals surface area contributed by atoms with Gasteiger partial charge in [-0.3, -0.25) is 9.59 Å². The van der Waals surface area contributed by atoms with Crippen LogP contribution in [0, 0.1) is 0 Å². The van der Waals surface area contributed by atoms with Crippen molar-refractivity contribution >= 4 is 11.9 Å². The highest BCUT2D eigenvalue weighted by atomic mass is 16.5. The average molecular weight is 355 g/mol. The van der Waals surface area contributed by atoms with E-state index in [0.29, 0.717) is 37.4 Å². The van der Waals surface area contributed by atoms with Gasteiger partial charge in [-0.25, -0.2) is 0 Å². The van der Waals surface area contributed by atoms with Gasteiger partial charge < -0.3 is 14.4 Å². The molecule has 0 unspecified atom stereocenters. The topological polar surface area (TPSA) is 55.8 Å². The van der Waals surface area contributed by atoms with E-state index in [2.05, 4.69) is 0 Å². The summed E-state index contributed by atoms with van der Waals surface area (Å²) in [5.41, 5.74) is 1.63. The summed E-state index contributed by atoms with van der Waals surface area (Å²) in [6, 6.07) is 17.1. The number of hydrogen-bond donors (Lipinski definition) is 0. The molecule has 0 aliphatic carbocycles. The van der Waals surface area contributed by atoms with Gasteiger partial charge in [-0.05, 0) is 31.0 Å². The van der Waals surface area contributed by atoms with Gasteiger partial charge in [0.15, 0.2) is 0 Å². The molecule has 2 aromatic rings. The Balaban J connectivity index is 2.12. The molecular formula is C21H25NO4. The molecule has 0 fully saturated rings. The first-order chi connectivity index (χ1) is 12.7. The Morgan fingerprint density at radius 3 is 2.35 bits per heavy atom. The van der Waals surface area contributed by atoms with Crippen molar-refractivity contribution in [2.45, 2.75) is 19.8 Å². The maximum atomic E-state index is 13.0. The molecule has 0 heterocycles. The minimum atomic E-state index is -0.301. The van der Waals surface area contributed by atoms with Gasteiger partial charge in [-0.2, -0.15) is 0 Å². The summed E-state index contributed by atoms with van der Waals surface area (Å²) in [4.78, 5) is 26.4. The van der Waals surface area contributed by atoms with Crippen LogP contribution in [0.5, 0.6) is 5.75 Å². The second-order valence-corrected chi connectivity index (χ2v) is 5.78. The SMILES string of the molecule is CCOC(=O)CCN(CCc1ccccc1)C(=O)c1ccccc1OC. The van der Waals surface area contributed by atoms with Crippen molar-refractivity contribution in [2.24, 2.45) is 0 Å². The summed E-state index contributed by atoms with van der Waals surface area (Å²) in [6.45, 7) is 2.93. The van der Waals surface area contributed by atoms with Crippen LogP contribution in [0.4, 0.5) is 0 Å². The lowest BCUT2D eigenvalue weighted by molar-refractivity contribution is -0.143. The van der Waals surface area contributed by atoms with E-state index in [1.165, 1.54) is 0 Å². The van der Waals surface area contributed by atoms with E-state index in [1.54, 1.807) is 37.1 Å². The largest absolute Gasteiger partial charge is 0.496 e. The fraction of sp³-hybridized carbons (Fsp3) is 0.333. The van der Waals surface area contributed by atoms with Crippen LogP contribution in [-0.4, -0.2) is 43.6 Å². The monoisotopic (exact) mass is 355 g/mol. The summed E-state index contributed by atoms with van der Waals surface area (Å²) in [5.74, 6) is 0.0751. The zero-order valence-electron chi connectivity index (χ0n) is 15.3. The minimum Gasteiger partial charge on any atom is -0.496 e. The van der Waals surface area contributed by atoms with E-state index in [4.69, 9.17) is 9.47 Å². The quantitative estimate of drug-likeness (QED) is 0.648. The standard InChI is InChI=1S/C21H25NO4/c1-3-26-20(23)14-16-22(15-13-17-9-5-4-6-10-17)21(24)18-11-7-8-12-19(18)25-2/h4-12H,3,13-16H2,1-2H3. The number of benzene rings is 2. The van der Waals surface area contributed by atoms with Gasteiger partial charge in [0.05, 0.1) is 25.7 Å². The van der Waals surface area contributed by atoms with Gasteiger partial charge >= 0.3 is 5.97 Å². The zero-order chi connectivity index (χ0) is 18.8. The predicted molar refractivity (Wildman–Crippen MR) is 100 cm³/mol. The molecule has 0 saturated heterocycles. The molecule has 5 heteroatoms. The van der Waals surface area contributed by atoms with Gasteiger partial charge in [0.1, 0.15) is 5.75 Å². The third-order valence-electron chi connectivity index (χ3n) is 4.03. The van der Waals surface area contributed by atoms with Crippen molar-refractivity contribution in [2.75, 3.05) is 26.8 Å².